The highest BCUT2D eigenvalue weighted by Gasteiger charge is 2.34. The molecule has 0 unspecified atom stereocenters. The predicted molar refractivity (Wildman–Crippen MR) is 77.0 cm³/mol. The zero-order valence-corrected chi connectivity index (χ0v) is 12.3. The summed E-state index contributed by atoms with van der Waals surface area (Å²) in [6, 6.07) is 10.2. The molecular formula is C15H11ClF3N3. The second kappa shape index (κ2) is 5.28. The van der Waals surface area contributed by atoms with E-state index in [1.807, 2.05) is 30.3 Å². The molecule has 0 amide bonds. The summed E-state index contributed by atoms with van der Waals surface area (Å²) >= 11 is 5.92. The van der Waals surface area contributed by atoms with Gasteiger partial charge < -0.3 is 0 Å². The van der Waals surface area contributed by atoms with E-state index in [4.69, 9.17) is 11.6 Å². The molecule has 7 heteroatoms. The summed E-state index contributed by atoms with van der Waals surface area (Å²) in [5.74, 6) is 0. The van der Waals surface area contributed by atoms with E-state index in [1.165, 1.54) is 4.52 Å². The molecule has 3 aromatic rings. The van der Waals surface area contributed by atoms with Crippen LogP contribution in [0.2, 0.25) is 5.15 Å². The zero-order valence-electron chi connectivity index (χ0n) is 11.5. The average Bonchev–Trinajstić information content (AvgIpc) is 2.77. The lowest BCUT2D eigenvalue weighted by Gasteiger charge is -2.08. The summed E-state index contributed by atoms with van der Waals surface area (Å²) in [6.45, 7) is 1.73. The normalized spacial score (nSPS) is 12.0. The Kier molecular flexibility index (Phi) is 3.56. The minimum Gasteiger partial charge on any atom is -0.224 e. The topological polar surface area (TPSA) is 30.2 Å². The van der Waals surface area contributed by atoms with E-state index >= 15 is 0 Å². The van der Waals surface area contributed by atoms with E-state index in [0.717, 1.165) is 11.6 Å². The van der Waals surface area contributed by atoms with Crippen LogP contribution in [0.15, 0.2) is 36.4 Å². The largest absolute Gasteiger partial charge is 0.433 e. The summed E-state index contributed by atoms with van der Waals surface area (Å²) in [7, 11) is 0. The molecule has 0 aliphatic heterocycles. The zero-order chi connectivity index (χ0) is 15.9. The van der Waals surface area contributed by atoms with Crippen molar-refractivity contribution in [2.75, 3.05) is 0 Å². The number of benzene rings is 1. The van der Waals surface area contributed by atoms with E-state index in [9.17, 15) is 13.2 Å². The van der Waals surface area contributed by atoms with Crippen molar-refractivity contribution in [3.8, 4) is 0 Å². The molecule has 2 heterocycles. The minimum absolute atomic E-state index is 0.111. The van der Waals surface area contributed by atoms with Crippen molar-refractivity contribution >= 4 is 17.2 Å². The molecule has 3 rings (SSSR count). The molecule has 0 bridgehead atoms. The average molecular weight is 326 g/mol. The number of rotatable bonds is 2. The van der Waals surface area contributed by atoms with E-state index in [-0.39, 0.29) is 10.8 Å². The molecule has 22 heavy (non-hydrogen) atoms. The molecule has 2 aromatic heterocycles. The highest BCUT2D eigenvalue weighted by Crippen LogP contribution is 2.31. The number of halogens is 4. The van der Waals surface area contributed by atoms with E-state index in [1.54, 1.807) is 6.92 Å². The third-order valence-electron chi connectivity index (χ3n) is 3.36. The summed E-state index contributed by atoms with van der Waals surface area (Å²) in [5, 5.41) is 4.08. The first-order valence-electron chi connectivity index (χ1n) is 6.52. The second-order valence-electron chi connectivity index (χ2n) is 4.92. The third-order valence-corrected chi connectivity index (χ3v) is 3.63. The number of nitrogens with zero attached hydrogens (tertiary/aromatic N) is 3. The Morgan fingerprint density at radius 2 is 1.86 bits per heavy atom. The van der Waals surface area contributed by atoms with Gasteiger partial charge in [-0.2, -0.15) is 18.3 Å². The van der Waals surface area contributed by atoms with Crippen molar-refractivity contribution in [1.82, 2.24) is 14.6 Å². The first kappa shape index (κ1) is 14.8. The molecule has 0 aliphatic rings. The number of aryl methyl sites for hydroxylation is 1. The van der Waals surface area contributed by atoms with Gasteiger partial charge >= 0.3 is 6.18 Å². The maximum atomic E-state index is 12.9. The lowest BCUT2D eigenvalue weighted by Crippen LogP contribution is -2.10. The Balaban J connectivity index is 2.17. The van der Waals surface area contributed by atoms with Crippen LogP contribution in [0.5, 0.6) is 0 Å². The van der Waals surface area contributed by atoms with Crippen LogP contribution in [0.4, 0.5) is 13.2 Å². The summed E-state index contributed by atoms with van der Waals surface area (Å²) in [5.41, 5.74) is 1.34. The van der Waals surface area contributed by atoms with Crippen molar-refractivity contribution < 1.29 is 13.2 Å². The fourth-order valence-corrected chi connectivity index (χ4v) is 2.50. The van der Waals surface area contributed by atoms with Crippen molar-refractivity contribution in [1.29, 1.82) is 0 Å². The highest BCUT2D eigenvalue weighted by atomic mass is 35.5. The van der Waals surface area contributed by atoms with E-state index < -0.39 is 11.9 Å². The number of hydrogen-bond acceptors (Lipinski definition) is 2. The summed E-state index contributed by atoms with van der Waals surface area (Å²) in [6.07, 6.45) is -4.10. The first-order chi connectivity index (χ1) is 10.4. The molecule has 0 N–H and O–H groups in total. The van der Waals surface area contributed by atoms with E-state index in [2.05, 4.69) is 10.1 Å². The molecular weight excluding hydrogens is 315 g/mol. The quantitative estimate of drug-likeness (QED) is 0.658. The molecule has 3 nitrogen and oxygen atoms in total. The molecule has 1 aromatic carbocycles. The van der Waals surface area contributed by atoms with Gasteiger partial charge in [-0.25, -0.2) is 9.50 Å². The van der Waals surface area contributed by atoms with Crippen LogP contribution in [-0.2, 0) is 12.6 Å². The van der Waals surface area contributed by atoms with Gasteiger partial charge in [-0.3, -0.25) is 0 Å². The van der Waals surface area contributed by atoms with Crippen molar-refractivity contribution in [2.45, 2.75) is 19.5 Å². The maximum absolute atomic E-state index is 12.9. The Morgan fingerprint density at radius 3 is 2.50 bits per heavy atom. The fraction of sp³-hybridized carbons (Fsp3) is 0.200. The first-order valence-corrected chi connectivity index (χ1v) is 6.90. The Hall–Kier alpha value is -2.08. The molecule has 0 atom stereocenters. The Bertz CT molecular complexity index is 825. The Labute approximate surface area is 129 Å². The highest BCUT2D eigenvalue weighted by molar-refractivity contribution is 6.29. The van der Waals surface area contributed by atoms with Gasteiger partial charge in [-0.15, -0.1) is 0 Å². The second-order valence-corrected chi connectivity index (χ2v) is 5.31. The van der Waals surface area contributed by atoms with Gasteiger partial charge in [0, 0.05) is 18.1 Å². The van der Waals surface area contributed by atoms with Crippen LogP contribution in [0.25, 0.3) is 5.65 Å². The van der Waals surface area contributed by atoms with Crippen LogP contribution in [0.3, 0.4) is 0 Å². The van der Waals surface area contributed by atoms with Gasteiger partial charge in [0.2, 0.25) is 0 Å². The standard InChI is InChI=1S/C15H11ClF3N3/c1-9-11(7-10-5-3-2-4-6-10)14-20-12(15(17,18)19)8-13(16)22(14)21-9/h2-6,8H,7H2,1H3. The van der Waals surface area contributed by atoms with Crippen molar-refractivity contribution in [2.24, 2.45) is 0 Å². The molecule has 0 spiro atoms. The van der Waals surface area contributed by atoms with Crippen LogP contribution in [0, 0.1) is 6.92 Å². The van der Waals surface area contributed by atoms with Crippen LogP contribution in [-0.4, -0.2) is 14.6 Å². The van der Waals surface area contributed by atoms with Crippen LogP contribution < -0.4 is 0 Å². The summed E-state index contributed by atoms with van der Waals surface area (Å²) < 4.78 is 40.0. The number of aromatic nitrogens is 3. The predicted octanol–water partition coefficient (Wildman–Crippen LogP) is 4.30. The van der Waals surface area contributed by atoms with Gasteiger partial charge in [0.15, 0.2) is 5.65 Å². The van der Waals surface area contributed by atoms with E-state index in [0.29, 0.717) is 17.7 Å². The SMILES string of the molecule is Cc1nn2c(Cl)cc(C(F)(F)F)nc2c1Cc1ccccc1. The molecule has 0 radical (unpaired) electrons. The number of hydrogen-bond donors (Lipinski definition) is 0. The molecule has 0 saturated heterocycles. The minimum atomic E-state index is -4.55. The van der Waals surface area contributed by atoms with Gasteiger partial charge in [0.1, 0.15) is 10.8 Å². The fourth-order valence-electron chi connectivity index (χ4n) is 2.28. The summed E-state index contributed by atoms with van der Waals surface area (Å²) in [4.78, 5) is 3.72. The third kappa shape index (κ3) is 2.66. The monoisotopic (exact) mass is 325 g/mol. The van der Waals surface area contributed by atoms with Gasteiger partial charge in [0.25, 0.3) is 0 Å². The van der Waals surface area contributed by atoms with Gasteiger partial charge in [-0.1, -0.05) is 41.9 Å². The maximum Gasteiger partial charge on any atom is 0.433 e. The molecule has 0 saturated carbocycles. The van der Waals surface area contributed by atoms with Crippen molar-refractivity contribution in [3.63, 3.8) is 0 Å². The number of alkyl halides is 3. The van der Waals surface area contributed by atoms with Gasteiger partial charge in [-0.05, 0) is 12.5 Å². The van der Waals surface area contributed by atoms with Crippen LogP contribution in [0.1, 0.15) is 22.5 Å². The lowest BCUT2D eigenvalue weighted by atomic mass is 10.1. The molecule has 114 valence electrons. The van der Waals surface area contributed by atoms with Gasteiger partial charge in [0.05, 0.1) is 5.69 Å². The van der Waals surface area contributed by atoms with Crippen LogP contribution >= 0.6 is 11.6 Å². The Morgan fingerprint density at radius 1 is 1.18 bits per heavy atom. The smallest absolute Gasteiger partial charge is 0.224 e. The number of fused-ring (bicyclic) bond motifs is 1. The van der Waals surface area contributed by atoms with Crippen molar-refractivity contribution in [3.05, 3.63) is 64.1 Å². The molecule has 0 fully saturated rings. The molecule has 0 aliphatic carbocycles. The lowest BCUT2D eigenvalue weighted by molar-refractivity contribution is -0.141.